The molecule has 0 aliphatic carbocycles. The smallest absolute Gasteiger partial charge is 0.267 e. The molecule has 2 rings (SSSR count). The molecule has 19 heavy (non-hydrogen) atoms. The van der Waals surface area contributed by atoms with Crippen molar-refractivity contribution in [2.24, 2.45) is 11.5 Å². The Labute approximate surface area is 113 Å². The monoisotopic (exact) mass is 263 g/mol. The van der Waals surface area contributed by atoms with E-state index < -0.39 is 5.91 Å². The fraction of sp³-hybridized carbons (Fsp3) is 0.538. The van der Waals surface area contributed by atoms with E-state index in [1.165, 1.54) is 0 Å². The molecule has 1 amide bonds. The third-order valence-corrected chi connectivity index (χ3v) is 3.39. The van der Waals surface area contributed by atoms with Crippen LogP contribution in [0.3, 0.4) is 0 Å². The van der Waals surface area contributed by atoms with Crippen LogP contribution in [-0.4, -0.2) is 55.1 Å². The van der Waals surface area contributed by atoms with Crippen molar-refractivity contribution >= 4 is 11.6 Å². The van der Waals surface area contributed by atoms with Crippen molar-refractivity contribution in [3.8, 4) is 0 Å². The van der Waals surface area contributed by atoms with E-state index in [2.05, 4.69) is 14.8 Å². The second-order valence-corrected chi connectivity index (χ2v) is 4.73. The van der Waals surface area contributed by atoms with E-state index in [0.29, 0.717) is 12.2 Å². The van der Waals surface area contributed by atoms with Crippen LogP contribution >= 0.6 is 0 Å². The minimum absolute atomic E-state index is 0.320. The average molecular weight is 263 g/mol. The molecule has 0 aromatic carbocycles. The summed E-state index contributed by atoms with van der Waals surface area (Å²) in [6.45, 7) is 5.61. The molecule has 1 saturated heterocycles. The van der Waals surface area contributed by atoms with Crippen LogP contribution in [0.25, 0.3) is 0 Å². The third kappa shape index (κ3) is 3.65. The number of pyridine rings is 1. The summed E-state index contributed by atoms with van der Waals surface area (Å²) < 4.78 is 0. The van der Waals surface area contributed by atoms with Gasteiger partial charge in [0.1, 0.15) is 5.69 Å². The molecule has 1 aliphatic rings. The number of hydrogen-bond acceptors (Lipinski definition) is 5. The standard InChI is InChI=1S/C13H21N5O/c14-3-7-17-5-1-6-18(9-8-17)11-2-4-16-12(10-11)13(15)19/h2,4,10H,1,3,5-9,14H2,(H2,15,19). The van der Waals surface area contributed by atoms with Crippen LogP contribution < -0.4 is 16.4 Å². The lowest BCUT2D eigenvalue weighted by Crippen LogP contribution is -2.34. The molecule has 0 saturated carbocycles. The zero-order valence-corrected chi connectivity index (χ0v) is 11.1. The van der Waals surface area contributed by atoms with Gasteiger partial charge in [-0.25, -0.2) is 0 Å². The van der Waals surface area contributed by atoms with Crippen LogP contribution in [0.1, 0.15) is 16.9 Å². The van der Waals surface area contributed by atoms with Crippen molar-refractivity contribution in [3.05, 3.63) is 24.0 Å². The molecule has 0 unspecified atom stereocenters. The molecule has 0 bridgehead atoms. The summed E-state index contributed by atoms with van der Waals surface area (Å²) >= 11 is 0. The fourth-order valence-corrected chi connectivity index (χ4v) is 2.39. The normalized spacial score (nSPS) is 17.2. The number of primary amides is 1. The summed E-state index contributed by atoms with van der Waals surface area (Å²) in [7, 11) is 0. The number of carbonyl (C=O) groups excluding carboxylic acids is 1. The van der Waals surface area contributed by atoms with Gasteiger partial charge in [0, 0.05) is 44.6 Å². The first-order valence-electron chi connectivity index (χ1n) is 6.64. The molecule has 1 fully saturated rings. The Bertz CT molecular complexity index is 437. The van der Waals surface area contributed by atoms with E-state index >= 15 is 0 Å². The molecule has 1 aromatic rings. The van der Waals surface area contributed by atoms with Gasteiger partial charge < -0.3 is 21.3 Å². The SMILES string of the molecule is NCCN1CCCN(c2ccnc(C(N)=O)c2)CC1. The van der Waals surface area contributed by atoms with Crippen molar-refractivity contribution in [1.82, 2.24) is 9.88 Å². The summed E-state index contributed by atoms with van der Waals surface area (Å²) in [5, 5.41) is 0. The van der Waals surface area contributed by atoms with Crippen molar-refractivity contribution < 1.29 is 4.79 Å². The lowest BCUT2D eigenvalue weighted by atomic mass is 10.2. The van der Waals surface area contributed by atoms with Gasteiger partial charge in [0.2, 0.25) is 0 Å². The topological polar surface area (TPSA) is 88.5 Å². The molecular formula is C13H21N5O. The number of nitrogens with two attached hydrogens (primary N) is 2. The summed E-state index contributed by atoms with van der Waals surface area (Å²) in [5.41, 5.74) is 12.2. The lowest BCUT2D eigenvalue weighted by molar-refractivity contribution is 0.0995. The van der Waals surface area contributed by atoms with Gasteiger partial charge in [-0.05, 0) is 25.1 Å². The number of hydrogen-bond donors (Lipinski definition) is 2. The summed E-state index contributed by atoms with van der Waals surface area (Å²) in [6.07, 6.45) is 2.73. The molecule has 2 heterocycles. The second-order valence-electron chi connectivity index (χ2n) is 4.73. The van der Waals surface area contributed by atoms with E-state index in [0.717, 1.165) is 44.8 Å². The average Bonchev–Trinajstić information content (AvgIpc) is 2.65. The molecule has 0 atom stereocenters. The van der Waals surface area contributed by atoms with Gasteiger partial charge in [-0.15, -0.1) is 0 Å². The Hall–Kier alpha value is -1.66. The first-order valence-corrected chi connectivity index (χ1v) is 6.64. The van der Waals surface area contributed by atoms with Crippen LogP contribution in [0, 0.1) is 0 Å². The Morgan fingerprint density at radius 3 is 2.89 bits per heavy atom. The van der Waals surface area contributed by atoms with Crippen LogP contribution in [-0.2, 0) is 0 Å². The van der Waals surface area contributed by atoms with E-state index in [9.17, 15) is 4.79 Å². The van der Waals surface area contributed by atoms with E-state index in [4.69, 9.17) is 11.5 Å². The lowest BCUT2D eigenvalue weighted by Gasteiger charge is -2.23. The van der Waals surface area contributed by atoms with Gasteiger partial charge in [-0.3, -0.25) is 9.78 Å². The van der Waals surface area contributed by atoms with Crippen molar-refractivity contribution in [1.29, 1.82) is 0 Å². The third-order valence-electron chi connectivity index (χ3n) is 3.39. The van der Waals surface area contributed by atoms with Crippen LogP contribution in [0.2, 0.25) is 0 Å². The molecule has 1 aromatic heterocycles. The first kappa shape index (κ1) is 13.8. The second kappa shape index (κ2) is 6.49. The number of anilines is 1. The highest BCUT2D eigenvalue weighted by atomic mass is 16.1. The quantitative estimate of drug-likeness (QED) is 0.775. The molecule has 4 N–H and O–H groups in total. The molecular weight excluding hydrogens is 242 g/mol. The van der Waals surface area contributed by atoms with Gasteiger partial charge in [-0.1, -0.05) is 0 Å². The maximum Gasteiger partial charge on any atom is 0.267 e. The zero-order chi connectivity index (χ0) is 13.7. The summed E-state index contributed by atoms with van der Waals surface area (Å²) in [5.74, 6) is -0.485. The van der Waals surface area contributed by atoms with Crippen molar-refractivity contribution in [2.45, 2.75) is 6.42 Å². The Morgan fingerprint density at radius 1 is 1.32 bits per heavy atom. The number of amides is 1. The van der Waals surface area contributed by atoms with Crippen LogP contribution in [0.15, 0.2) is 18.3 Å². The number of aromatic nitrogens is 1. The van der Waals surface area contributed by atoms with Crippen molar-refractivity contribution in [2.75, 3.05) is 44.2 Å². The van der Waals surface area contributed by atoms with Crippen molar-refractivity contribution in [3.63, 3.8) is 0 Å². The molecule has 1 aliphatic heterocycles. The number of carbonyl (C=O) groups is 1. The first-order chi connectivity index (χ1) is 9.20. The fourth-order valence-electron chi connectivity index (χ4n) is 2.39. The van der Waals surface area contributed by atoms with Crippen LogP contribution in [0.5, 0.6) is 0 Å². The molecule has 6 heteroatoms. The highest BCUT2D eigenvalue weighted by Gasteiger charge is 2.15. The molecule has 104 valence electrons. The van der Waals surface area contributed by atoms with Gasteiger partial charge in [0.15, 0.2) is 0 Å². The molecule has 6 nitrogen and oxygen atoms in total. The Kier molecular flexibility index (Phi) is 4.70. The predicted octanol–water partition coefficient (Wildman–Crippen LogP) is -0.349. The minimum atomic E-state index is -0.485. The number of rotatable bonds is 4. The van der Waals surface area contributed by atoms with E-state index in [1.807, 2.05) is 6.07 Å². The summed E-state index contributed by atoms with van der Waals surface area (Å²) in [4.78, 5) is 19.8. The largest absolute Gasteiger partial charge is 0.370 e. The van der Waals surface area contributed by atoms with E-state index in [1.54, 1.807) is 12.3 Å². The van der Waals surface area contributed by atoms with Gasteiger partial charge in [-0.2, -0.15) is 0 Å². The highest BCUT2D eigenvalue weighted by Crippen LogP contribution is 2.16. The Morgan fingerprint density at radius 2 is 2.16 bits per heavy atom. The predicted molar refractivity (Wildman–Crippen MR) is 75.1 cm³/mol. The van der Waals surface area contributed by atoms with Crippen LogP contribution in [0.4, 0.5) is 5.69 Å². The summed E-state index contributed by atoms with van der Waals surface area (Å²) in [6, 6.07) is 3.69. The van der Waals surface area contributed by atoms with Gasteiger partial charge in [0.25, 0.3) is 5.91 Å². The van der Waals surface area contributed by atoms with Gasteiger partial charge >= 0.3 is 0 Å². The highest BCUT2D eigenvalue weighted by molar-refractivity contribution is 5.91. The van der Waals surface area contributed by atoms with E-state index in [-0.39, 0.29) is 0 Å². The minimum Gasteiger partial charge on any atom is -0.370 e. The Balaban J connectivity index is 2.05. The number of nitrogens with zero attached hydrogens (tertiary/aromatic N) is 3. The molecule has 0 radical (unpaired) electrons. The maximum absolute atomic E-state index is 11.2. The molecule has 0 spiro atoms. The van der Waals surface area contributed by atoms with Gasteiger partial charge in [0.05, 0.1) is 0 Å². The zero-order valence-electron chi connectivity index (χ0n) is 11.1. The maximum atomic E-state index is 11.2.